The smallest absolute Gasteiger partial charge is 0.257 e. The van der Waals surface area contributed by atoms with E-state index in [9.17, 15) is 15.0 Å². The molecule has 2 aromatic heterocycles. The van der Waals surface area contributed by atoms with Crippen LogP contribution in [-0.4, -0.2) is 38.8 Å². The Hall–Kier alpha value is -2.58. The summed E-state index contributed by atoms with van der Waals surface area (Å²) in [4.78, 5) is 18.5. The number of aromatic nitrogens is 2. The molecule has 0 aliphatic carbocycles. The molecule has 3 aromatic rings. The monoisotopic (exact) mass is 450 g/mol. The number of fused-ring (bicyclic) bond motifs is 4. The van der Waals surface area contributed by atoms with Crippen molar-refractivity contribution in [2.45, 2.75) is 70.7 Å². The van der Waals surface area contributed by atoms with E-state index in [1.165, 1.54) is 0 Å². The Kier molecular flexibility index (Phi) is 5.82. The molecule has 5 rings (SSSR count). The van der Waals surface area contributed by atoms with Crippen molar-refractivity contribution >= 4 is 10.9 Å². The van der Waals surface area contributed by atoms with E-state index < -0.39 is 11.7 Å². The van der Waals surface area contributed by atoms with E-state index in [0.29, 0.717) is 30.0 Å². The molecule has 2 aliphatic heterocycles. The van der Waals surface area contributed by atoms with Crippen LogP contribution in [0.1, 0.15) is 56.2 Å². The number of hydrogen-bond donors (Lipinski definition) is 2. The van der Waals surface area contributed by atoms with Gasteiger partial charge in [-0.15, -0.1) is 0 Å². The number of rotatable bonds is 6. The van der Waals surface area contributed by atoms with E-state index in [2.05, 4.69) is 6.07 Å². The van der Waals surface area contributed by atoms with Crippen LogP contribution in [0.25, 0.3) is 22.3 Å². The van der Waals surface area contributed by atoms with Crippen LogP contribution in [-0.2, 0) is 28.2 Å². The Bertz CT molecular complexity index is 1250. The third-order valence-corrected chi connectivity index (χ3v) is 7.02. The first kappa shape index (κ1) is 22.2. The van der Waals surface area contributed by atoms with Crippen LogP contribution < -0.4 is 5.56 Å². The van der Waals surface area contributed by atoms with Gasteiger partial charge in [0.1, 0.15) is 5.60 Å². The summed E-state index contributed by atoms with van der Waals surface area (Å²) in [7, 11) is 0. The minimum Gasteiger partial charge on any atom is -0.390 e. The molecular formula is C26H30N2O5. The Morgan fingerprint density at radius 2 is 2.12 bits per heavy atom. The minimum absolute atomic E-state index is 0.0138. The summed E-state index contributed by atoms with van der Waals surface area (Å²) < 4.78 is 13.3. The first-order valence-corrected chi connectivity index (χ1v) is 11.7. The van der Waals surface area contributed by atoms with Crippen molar-refractivity contribution in [2.24, 2.45) is 0 Å². The lowest BCUT2D eigenvalue weighted by Gasteiger charge is -2.33. The Labute approximate surface area is 192 Å². The number of ether oxygens (including phenoxy) is 2. The molecule has 2 aliphatic rings. The molecule has 33 heavy (non-hydrogen) atoms. The molecule has 0 spiro atoms. The SMILES string of the molecule is CCC(O)(c1cc2n(c(=O)c1COC1CCCCO1)Cc1cc3ccccc3nc1-2)C(C)O. The van der Waals surface area contributed by atoms with Gasteiger partial charge in [-0.1, -0.05) is 25.1 Å². The van der Waals surface area contributed by atoms with E-state index in [-0.39, 0.29) is 24.9 Å². The van der Waals surface area contributed by atoms with Gasteiger partial charge >= 0.3 is 0 Å². The van der Waals surface area contributed by atoms with Gasteiger partial charge in [0, 0.05) is 23.1 Å². The third-order valence-electron chi connectivity index (χ3n) is 7.02. The Balaban J connectivity index is 1.64. The van der Waals surface area contributed by atoms with Crippen LogP contribution in [0.5, 0.6) is 0 Å². The normalized spacial score (nSPS) is 20.3. The first-order chi connectivity index (χ1) is 15.9. The molecule has 0 radical (unpaired) electrons. The molecule has 0 amide bonds. The molecule has 4 heterocycles. The second-order valence-electron chi connectivity index (χ2n) is 9.06. The summed E-state index contributed by atoms with van der Waals surface area (Å²) in [5.74, 6) is 0. The van der Waals surface area contributed by atoms with Gasteiger partial charge in [0.25, 0.3) is 5.56 Å². The largest absolute Gasteiger partial charge is 0.390 e. The van der Waals surface area contributed by atoms with Crippen LogP contribution in [0.15, 0.2) is 41.2 Å². The predicted molar refractivity (Wildman–Crippen MR) is 125 cm³/mol. The number of hydrogen-bond acceptors (Lipinski definition) is 6. The van der Waals surface area contributed by atoms with Gasteiger partial charge in [0.2, 0.25) is 0 Å². The number of pyridine rings is 2. The first-order valence-electron chi connectivity index (χ1n) is 11.7. The Morgan fingerprint density at radius 3 is 2.85 bits per heavy atom. The van der Waals surface area contributed by atoms with Crippen molar-refractivity contribution < 1.29 is 19.7 Å². The van der Waals surface area contributed by atoms with E-state index in [1.807, 2.05) is 30.3 Å². The van der Waals surface area contributed by atoms with E-state index in [4.69, 9.17) is 14.5 Å². The number of aliphatic hydroxyl groups excluding tert-OH is 1. The molecule has 1 aromatic carbocycles. The van der Waals surface area contributed by atoms with Crippen LogP contribution in [0.4, 0.5) is 0 Å². The molecule has 0 bridgehead atoms. The summed E-state index contributed by atoms with van der Waals surface area (Å²) in [6.07, 6.45) is 1.61. The van der Waals surface area contributed by atoms with Gasteiger partial charge in [-0.25, -0.2) is 4.98 Å². The second-order valence-corrected chi connectivity index (χ2v) is 9.06. The highest BCUT2D eigenvalue weighted by Gasteiger charge is 2.38. The number of aliphatic hydroxyl groups is 2. The zero-order valence-corrected chi connectivity index (χ0v) is 19.1. The second kappa shape index (κ2) is 8.65. The third kappa shape index (κ3) is 3.79. The maximum atomic E-state index is 13.7. The van der Waals surface area contributed by atoms with Gasteiger partial charge in [-0.05, 0) is 56.4 Å². The van der Waals surface area contributed by atoms with E-state index in [1.54, 1.807) is 18.4 Å². The molecule has 1 saturated heterocycles. The highest BCUT2D eigenvalue weighted by molar-refractivity contribution is 5.84. The summed E-state index contributed by atoms with van der Waals surface area (Å²) in [5.41, 5.74) is 2.14. The molecule has 3 atom stereocenters. The summed E-state index contributed by atoms with van der Waals surface area (Å²) >= 11 is 0. The van der Waals surface area contributed by atoms with E-state index in [0.717, 1.165) is 41.4 Å². The van der Waals surface area contributed by atoms with Gasteiger partial charge in [0.05, 0.1) is 36.2 Å². The molecule has 7 heteroatoms. The fourth-order valence-electron chi connectivity index (χ4n) is 4.97. The van der Waals surface area contributed by atoms with Crippen molar-refractivity contribution in [3.8, 4) is 11.4 Å². The van der Waals surface area contributed by atoms with Crippen molar-refractivity contribution in [1.29, 1.82) is 0 Å². The minimum atomic E-state index is -1.58. The lowest BCUT2D eigenvalue weighted by molar-refractivity contribution is -0.169. The summed E-state index contributed by atoms with van der Waals surface area (Å²) in [6, 6.07) is 11.7. The molecule has 174 valence electrons. The van der Waals surface area contributed by atoms with Gasteiger partial charge in [0.15, 0.2) is 6.29 Å². The van der Waals surface area contributed by atoms with Crippen molar-refractivity contribution in [1.82, 2.24) is 9.55 Å². The molecule has 1 fully saturated rings. The lowest BCUT2D eigenvalue weighted by atomic mass is 9.83. The number of para-hydroxylation sites is 1. The highest BCUT2D eigenvalue weighted by Crippen LogP contribution is 2.37. The molecule has 2 N–H and O–H groups in total. The lowest BCUT2D eigenvalue weighted by Crippen LogP contribution is -2.41. The average Bonchev–Trinajstić information content (AvgIpc) is 3.19. The van der Waals surface area contributed by atoms with Gasteiger partial charge in [-0.2, -0.15) is 0 Å². The summed E-state index contributed by atoms with van der Waals surface area (Å²) in [5, 5.41) is 23.0. The van der Waals surface area contributed by atoms with Crippen LogP contribution in [0.3, 0.4) is 0 Å². The van der Waals surface area contributed by atoms with Crippen LogP contribution in [0.2, 0.25) is 0 Å². The maximum Gasteiger partial charge on any atom is 0.257 e. The maximum absolute atomic E-state index is 13.7. The topological polar surface area (TPSA) is 93.8 Å². The van der Waals surface area contributed by atoms with E-state index >= 15 is 0 Å². The summed E-state index contributed by atoms with van der Waals surface area (Å²) in [6.45, 7) is 4.41. The molecule has 0 saturated carbocycles. The molecule has 7 nitrogen and oxygen atoms in total. The highest BCUT2D eigenvalue weighted by atomic mass is 16.7. The predicted octanol–water partition coefficient (Wildman–Crippen LogP) is 3.45. The molecular weight excluding hydrogens is 420 g/mol. The Morgan fingerprint density at radius 1 is 1.30 bits per heavy atom. The van der Waals surface area contributed by atoms with Gasteiger partial charge in [-0.3, -0.25) is 4.79 Å². The van der Waals surface area contributed by atoms with Crippen molar-refractivity contribution in [2.75, 3.05) is 6.61 Å². The average molecular weight is 451 g/mol. The fourth-order valence-corrected chi connectivity index (χ4v) is 4.97. The number of benzene rings is 1. The van der Waals surface area contributed by atoms with Crippen molar-refractivity contribution in [3.05, 3.63) is 63.4 Å². The zero-order chi connectivity index (χ0) is 23.2. The molecule has 3 unspecified atom stereocenters. The number of nitrogens with zero attached hydrogens (tertiary/aromatic N) is 2. The van der Waals surface area contributed by atoms with Crippen LogP contribution in [0, 0.1) is 0 Å². The standard InChI is InChI=1S/C26H30N2O5/c1-3-26(31,16(2)29)20-13-22-24-18(12-17-8-4-5-9-21(17)27-24)14-28(22)25(30)19(20)15-33-23-10-6-7-11-32-23/h4-5,8-9,12-13,16,23,29,31H,3,6-7,10-11,14-15H2,1-2H3. The quantitative estimate of drug-likeness (QED) is 0.467. The van der Waals surface area contributed by atoms with Crippen molar-refractivity contribution in [3.63, 3.8) is 0 Å². The van der Waals surface area contributed by atoms with Gasteiger partial charge < -0.3 is 24.3 Å². The fraction of sp³-hybridized carbons (Fsp3) is 0.462. The zero-order valence-electron chi connectivity index (χ0n) is 19.1. The van der Waals surface area contributed by atoms with Crippen LogP contribution >= 0.6 is 0 Å².